The molecule has 1 aromatic heterocycles. The van der Waals surface area contributed by atoms with Crippen LogP contribution in [0.25, 0.3) is 10.1 Å². The molecule has 0 amide bonds. The van der Waals surface area contributed by atoms with Crippen LogP contribution in [0.1, 0.15) is 0 Å². The van der Waals surface area contributed by atoms with Crippen LogP contribution in [0.4, 0.5) is 0 Å². The van der Waals surface area contributed by atoms with Crippen molar-refractivity contribution >= 4 is 21.4 Å². The summed E-state index contributed by atoms with van der Waals surface area (Å²) in [6.07, 6.45) is 0. The van der Waals surface area contributed by atoms with Crippen LogP contribution in [-0.2, 0) is 0 Å². The first-order valence-corrected chi connectivity index (χ1v) is 3.54. The summed E-state index contributed by atoms with van der Waals surface area (Å²) >= 11 is 1.64. The number of hydrogen-bond acceptors (Lipinski definition) is 1. The summed E-state index contributed by atoms with van der Waals surface area (Å²) < 4.78 is 1.29. The molecule has 0 nitrogen and oxygen atoms in total. The molecule has 0 N–H and O–H groups in total. The van der Waals surface area contributed by atoms with Crippen molar-refractivity contribution in [1.29, 1.82) is 0 Å². The van der Waals surface area contributed by atoms with E-state index in [0.29, 0.717) is 0 Å². The minimum atomic E-state index is 0. The predicted molar refractivity (Wildman–Crippen MR) is 39.5 cm³/mol. The van der Waals surface area contributed by atoms with Gasteiger partial charge >= 0.3 is 37.7 Å². The van der Waals surface area contributed by atoms with Gasteiger partial charge in [-0.25, -0.2) is 6.07 Å². The van der Waals surface area contributed by atoms with Gasteiger partial charge in [0, 0.05) is 0 Å². The quantitative estimate of drug-likeness (QED) is 0.267. The fraction of sp³-hybridized carbons (Fsp3) is 0. The van der Waals surface area contributed by atoms with Crippen molar-refractivity contribution in [3.05, 3.63) is 35.7 Å². The summed E-state index contributed by atoms with van der Waals surface area (Å²) in [7, 11) is 0. The van der Waals surface area contributed by atoms with Gasteiger partial charge < -0.3 is 11.3 Å². The number of fused-ring (bicyclic) bond motifs is 1. The average molecular weight is 146 g/mol. The molecular formula is C8H4Li2S. The third-order valence-electron chi connectivity index (χ3n) is 1.24. The average Bonchev–Trinajstić information content (AvgIpc) is 2.33. The van der Waals surface area contributed by atoms with Gasteiger partial charge in [-0.1, -0.05) is 0 Å². The van der Waals surface area contributed by atoms with E-state index in [2.05, 4.69) is 17.5 Å². The first kappa shape index (κ1) is 11.4. The smallest absolute Gasteiger partial charge is 0.309 e. The van der Waals surface area contributed by atoms with Crippen molar-refractivity contribution in [3.8, 4) is 0 Å². The van der Waals surface area contributed by atoms with Crippen molar-refractivity contribution in [2.45, 2.75) is 0 Å². The second-order valence-corrected chi connectivity index (χ2v) is 2.71. The standard InChI is InChI=1S/C8H4S.2Li/c1-2-4-8-7(3-1)5-6-9-8;;/h2-5H;;/q-2;2*+1. The Morgan fingerprint density at radius 2 is 2.00 bits per heavy atom. The Bertz CT molecular complexity index is 286. The maximum Gasteiger partial charge on any atom is 1.00 e. The Morgan fingerprint density at radius 1 is 1.18 bits per heavy atom. The summed E-state index contributed by atoms with van der Waals surface area (Å²) in [5.41, 5.74) is 0. The molecule has 44 valence electrons. The molecule has 3 heteroatoms. The molecule has 2 aromatic rings. The molecular weight excluding hydrogens is 142 g/mol. The number of thiophene rings is 1. The number of benzene rings is 1. The van der Waals surface area contributed by atoms with E-state index in [1.54, 1.807) is 11.3 Å². The van der Waals surface area contributed by atoms with Gasteiger partial charge in [-0.05, 0) is 0 Å². The first-order valence-electron chi connectivity index (χ1n) is 2.72. The summed E-state index contributed by atoms with van der Waals surface area (Å²) in [5.74, 6) is 0. The molecule has 0 aliphatic heterocycles. The SMILES string of the molecule is [Li+].[Li+].[c-]1ccc2s[c-]cc2c1. The van der Waals surface area contributed by atoms with E-state index in [-0.39, 0.29) is 37.7 Å². The van der Waals surface area contributed by atoms with Crippen LogP contribution in [-0.4, -0.2) is 0 Å². The molecule has 0 bridgehead atoms. The van der Waals surface area contributed by atoms with E-state index < -0.39 is 0 Å². The monoisotopic (exact) mass is 146 g/mol. The van der Waals surface area contributed by atoms with Gasteiger partial charge in [0.15, 0.2) is 0 Å². The van der Waals surface area contributed by atoms with Crippen molar-refractivity contribution in [2.75, 3.05) is 0 Å². The van der Waals surface area contributed by atoms with Crippen molar-refractivity contribution in [3.63, 3.8) is 0 Å². The van der Waals surface area contributed by atoms with Gasteiger partial charge in [0.05, 0.1) is 0 Å². The van der Waals surface area contributed by atoms with Gasteiger partial charge in [0.2, 0.25) is 0 Å². The molecule has 0 unspecified atom stereocenters. The van der Waals surface area contributed by atoms with Crippen LogP contribution in [0.3, 0.4) is 0 Å². The van der Waals surface area contributed by atoms with E-state index in [4.69, 9.17) is 0 Å². The molecule has 0 atom stereocenters. The first-order chi connectivity index (χ1) is 4.47. The van der Waals surface area contributed by atoms with Gasteiger partial charge in [-0.15, -0.1) is 5.38 Å². The third-order valence-corrected chi connectivity index (χ3v) is 2.06. The molecule has 0 aliphatic rings. The van der Waals surface area contributed by atoms with Crippen LogP contribution in [0, 0.1) is 11.4 Å². The molecule has 0 aliphatic carbocycles. The molecule has 0 saturated carbocycles. The molecule has 0 radical (unpaired) electrons. The van der Waals surface area contributed by atoms with Crippen LogP contribution >= 0.6 is 11.3 Å². The molecule has 11 heavy (non-hydrogen) atoms. The topological polar surface area (TPSA) is 0 Å². The summed E-state index contributed by atoms with van der Waals surface area (Å²) in [6, 6.07) is 10.9. The molecule has 1 heterocycles. The summed E-state index contributed by atoms with van der Waals surface area (Å²) in [6.45, 7) is 0. The van der Waals surface area contributed by atoms with E-state index in [9.17, 15) is 0 Å². The van der Waals surface area contributed by atoms with Crippen molar-refractivity contribution in [2.24, 2.45) is 0 Å². The van der Waals surface area contributed by atoms with Crippen molar-refractivity contribution in [1.82, 2.24) is 0 Å². The second-order valence-electron chi connectivity index (χ2n) is 1.83. The summed E-state index contributed by atoms with van der Waals surface area (Å²) in [5, 5.41) is 4.30. The normalized spacial score (nSPS) is 8.36. The maximum absolute atomic E-state index is 3.06. The van der Waals surface area contributed by atoms with Crippen LogP contribution in [0.2, 0.25) is 0 Å². The van der Waals surface area contributed by atoms with Gasteiger partial charge in [-0.3, -0.25) is 0 Å². The molecule has 0 spiro atoms. The third kappa shape index (κ3) is 2.41. The Kier molecular flexibility index (Phi) is 5.27. The number of hydrogen-bond donors (Lipinski definition) is 0. The zero-order valence-electron chi connectivity index (χ0n) is 6.72. The van der Waals surface area contributed by atoms with Gasteiger partial charge in [-0.2, -0.15) is 34.4 Å². The Labute approximate surface area is 94.3 Å². The van der Waals surface area contributed by atoms with Gasteiger partial charge in [0.25, 0.3) is 0 Å². The number of rotatable bonds is 0. The Morgan fingerprint density at radius 3 is 2.73 bits per heavy atom. The van der Waals surface area contributed by atoms with E-state index in [1.807, 2.05) is 18.2 Å². The molecule has 2 rings (SSSR count). The van der Waals surface area contributed by atoms with Crippen LogP contribution in [0.5, 0.6) is 0 Å². The maximum atomic E-state index is 3.06. The molecule has 1 aromatic carbocycles. The van der Waals surface area contributed by atoms with E-state index in [0.717, 1.165) is 0 Å². The minimum Gasteiger partial charge on any atom is -0.309 e. The Balaban J connectivity index is 0.000000500. The van der Waals surface area contributed by atoms with E-state index in [1.165, 1.54) is 10.1 Å². The van der Waals surface area contributed by atoms with Crippen LogP contribution < -0.4 is 37.7 Å². The zero-order chi connectivity index (χ0) is 6.10. The zero-order valence-corrected chi connectivity index (χ0v) is 7.53. The van der Waals surface area contributed by atoms with E-state index >= 15 is 0 Å². The second kappa shape index (κ2) is 5.10. The van der Waals surface area contributed by atoms with Gasteiger partial charge in [0.1, 0.15) is 0 Å². The predicted octanol–water partition coefficient (Wildman–Crippen LogP) is -3.49. The minimum absolute atomic E-state index is 0. The molecule has 0 fully saturated rings. The molecule has 0 saturated heterocycles. The largest absolute Gasteiger partial charge is 1.00 e. The summed E-state index contributed by atoms with van der Waals surface area (Å²) in [4.78, 5) is 0. The fourth-order valence-corrected chi connectivity index (χ4v) is 1.48. The fourth-order valence-electron chi connectivity index (χ4n) is 0.791. The van der Waals surface area contributed by atoms with Crippen LogP contribution in [0.15, 0.2) is 24.3 Å². The van der Waals surface area contributed by atoms with Crippen molar-refractivity contribution < 1.29 is 37.7 Å². The Hall–Kier alpha value is 0.375.